The highest BCUT2D eigenvalue weighted by Gasteiger charge is 2.37. The van der Waals surface area contributed by atoms with Crippen molar-refractivity contribution in [2.75, 3.05) is 18.8 Å². The van der Waals surface area contributed by atoms with Crippen LogP contribution < -0.4 is 5.73 Å². The number of hydrogen-bond acceptors (Lipinski definition) is 4. The van der Waals surface area contributed by atoms with Crippen LogP contribution in [0.3, 0.4) is 0 Å². The lowest BCUT2D eigenvalue weighted by molar-refractivity contribution is -0.138. The van der Waals surface area contributed by atoms with Crippen molar-refractivity contribution in [3.05, 3.63) is 89.0 Å². The zero-order chi connectivity index (χ0) is 24.0. The van der Waals surface area contributed by atoms with E-state index < -0.39 is 17.6 Å². The summed E-state index contributed by atoms with van der Waals surface area (Å²) in [6.45, 7) is 0.447. The number of carbonyl (C=O) groups excluding carboxylic acids is 1. The number of amides is 1. The van der Waals surface area contributed by atoms with Crippen LogP contribution in [0.2, 0.25) is 0 Å². The van der Waals surface area contributed by atoms with Gasteiger partial charge in [0.15, 0.2) is 0 Å². The summed E-state index contributed by atoms with van der Waals surface area (Å²) in [6, 6.07) is 12.7. The highest BCUT2D eigenvalue weighted by Crippen LogP contribution is 2.36. The van der Waals surface area contributed by atoms with Crippen LogP contribution >= 0.6 is 0 Å². The second-order valence-corrected chi connectivity index (χ2v) is 8.21. The summed E-state index contributed by atoms with van der Waals surface area (Å²) in [6.07, 6.45) is -3.07. The van der Waals surface area contributed by atoms with Crippen molar-refractivity contribution in [1.82, 2.24) is 19.7 Å². The average Bonchev–Trinajstić information content (AvgIpc) is 3.11. The lowest BCUT2D eigenvalue weighted by atomic mass is 9.93. The molecular weight excluding hydrogens is 450 g/mol. The summed E-state index contributed by atoms with van der Waals surface area (Å²) < 4.78 is 56.6. The molecule has 174 valence electrons. The molecule has 4 aromatic rings. The normalized spacial score (nSPS) is 14.4. The second-order valence-electron chi connectivity index (χ2n) is 8.21. The molecule has 1 saturated heterocycles. The monoisotopic (exact) mass is 469 g/mol. The Labute approximate surface area is 191 Å². The third-order valence-corrected chi connectivity index (χ3v) is 5.98. The van der Waals surface area contributed by atoms with Crippen LogP contribution in [-0.4, -0.2) is 38.7 Å². The molecule has 3 heterocycles. The molecule has 34 heavy (non-hydrogen) atoms. The summed E-state index contributed by atoms with van der Waals surface area (Å²) in [5.41, 5.74) is 6.16. The fourth-order valence-electron chi connectivity index (χ4n) is 4.30. The minimum absolute atomic E-state index is 0.0379. The predicted molar refractivity (Wildman–Crippen MR) is 118 cm³/mol. The first kappa shape index (κ1) is 21.9. The Bertz CT molecular complexity index is 1390. The van der Waals surface area contributed by atoms with E-state index in [1.807, 2.05) is 0 Å². The Kier molecular flexibility index (Phi) is 5.22. The number of hydrogen-bond donors (Lipinski definition) is 1. The van der Waals surface area contributed by atoms with Crippen LogP contribution in [0, 0.1) is 5.82 Å². The van der Waals surface area contributed by atoms with Crippen LogP contribution in [-0.2, 0) is 12.7 Å². The minimum Gasteiger partial charge on any atom is -0.384 e. The third kappa shape index (κ3) is 3.85. The molecule has 2 aromatic carbocycles. The maximum Gasteiger partial charge on any atom is 0.416 e. The fourth-order valence-corrected chi connectivity index (χ4v) is 4.30. The fraction of sp³-hybridized carbons (Fsp3) is 0.208. The SMILES string of the molecule is Nc1cc(C(=O)N2CC(c3nn(Cc4ccccc4C(F)(F)F)c4cccc(F)c34)C2)ccn1. The zero-order valence-electron chi connectivity index (χ0n) is 17.8. The second kappa shape index (κ2) is 8.12. The lowest BCUT2D eigenvalue weighted by Gasteiger charge is -2.38. The number of rotatable bonds is 4. The molecule has 0 saturated carbocycles. The van der Waals surface area contributed by atoms with E-state index in [2.05, 4.69) is 10.1 Å². The first-order chi connectivity index (χ1) is 16.2. The van der Waals surface area contributed by atoms with Gasteiger partial charge in [0.2, 0.25) is 0 Å². The standard InChI is InChI=1S/C24H19F4N5O/c25-18-6-3-7-19-21(18)22(16-11-32(12-16)23(34)14-8-9-30-20(29)10-14)31-33(19)13-15-4-1-2-5-17(15)24(26,27)28/h1-10,16H,11-13H2,(H2,29,30). The predicted octanol–water partition coefficient (Wildman–Crippen LogP) is 4.46. The number of nitrogens with two attached hydrogens (primary N) is 1. The van der Waals surface area contributed by atoms with Gasteiger partial charge in [0.25, 0.3) is 5.91 Å². The van der Waals surface area contributed by atoms with Gasteiger partial charge < -0.3 is 10.6 Å². The number of likely N-dealkylation sites (tertiary alicyclic amines) is 1. The van der Waals surface area contributed by atoms with E-state index in [1.54, 1.807) is 17.0 Å². The van der Waals surface area contributed by atoms with Crippen LogP contribution in [0.1, 0.15) is 33.1 Å². The molecule has 0 radical (unpaired) electrons. The maximum atomic E-state index is 14.8. The van der Waals surface area contributed by atoms with Gasteiger partial charge in [0.1, 0.15) is 11.6 Å². The number of fused-ring (bicyclic) bond motifs is 1. The van der Waals surface area contributed by atoms with Gasteiger partial charge >= 0.3 is 6.18 Å². The van der Waals surface area contributed by atoms with Gasteiger partial charge in [-0.15, -0.1) is 0 Å². The Hall–Kier alpha value is -3.95. The highest BCUT2D eigenvalue weighted by atomic mass is 19.4. The summed E-state index contributed by atoms with van der Waals surface area (Å²) in [5.74, 6) is -0.751. The quantitative estimate of drug-likeness (QED) is 0.448. The van der Waals surface area contributed by atoms with Crippen molar-refractivity contribution in [2.24, 2.45) is 0 Å². The first-order valence-corrected chi connectivity index (χ1v) is 10.5. The van der Waals surface area contributed by atoms with Gasteiger partial charge in [-0.2, -0.15) is 18.3 Å². The third-order valence-electron chi connectivity index (χ3n) is 5.98. The van der Waals surface area contributed by atoms with Crippen LogP contribution in [0.4, 0.5) is 23.4 Å². The van der Waals surface area contributed by atoms with E-state index in [-0.39, 0.29) is 35.1 Å². The highest BCUT2D eigenvalue weighted by molar-refractivity contribution is 5.95. The van der Waals surface area contributed by atoms with Crippen molar-refractivity contribution >= 4 is 22.6 Å². The van der Waals surface area contributed by atoms with Crippen LogP contribution in [0.5, 0.6) is 0 Å². The Balaban J connectivity index is 1.45. The van der Waals surface area contributed by atoms with Gasteiger partial charge in [0.05, 0.1) is 28.7 Å². The number of alkyl halides is 3. The summed E-state index contributed by atoms with van der Waals surface area (Å²) >= 11 is 0. The van der Waals surface area contributed by atoms with Gasteiger partial charge in [-0.1, -0.05) is 24.3 Å². The molecular formula is C24H19F4N5O. The number of nitrogen functional groups attached to an aromatic ring is 1. The Morgan fingerprint density at radius 3 is 2.59 bits per heavy atom. The molecule has 0 bridgehead atoms. The number of carbonyl (C=O) groups is 1. The topological polar surface area (TPSA) is 77.0 Å². The number of pyridine rings is 1. The smallest absolute Gasteiger partial charge is 0.384 e. The van der Waals surface area contributed by atoms with Crippen LogP contribution in [0.25, 0.3) is 10.9 Å². The van der Waals surface area contributed by atoms with Crippen molar-refractivity contribution in [1.29, 1.82) is 0 Å². The summed E-state index contributed by atoms with van der Waals surface area (Å²) in [4.78, 5) is 18.2. The van der Waals surface area contributed by atoms with Crippen LogP contribution in [0.15, 0.2) is 60.8 Å². The van der Waals surface area contributed by atoms with Crippen molar-refractivity contribution < 1.29 is 22.4 Å². The Morgan fingerprint density at radius 1 is 1.09 bits per heavy atom. The number of anilines is 1. The maximum absolute atomic E-state index is 14.8. The zero-order valence-corrected chi connectivity index (χ0v) is 17.8. The minimum atomic E-state index is -4.52. The van der Waals surface area contributed by atoms with E-state index in [9.17, 15) is 22.4 Å². The number of aromatic nitrogens is 3. The molecule has 0 aliphatic carbocycles. The molecule has 1 amide bonds. The van der Waals surface area contributed by atoms with Gasteiger partial charge in [-0.05, 0) is 35.9 Å². The molecule has 6 nitrogen and oxygen atoms in total. The van der Waals surface area contributed by atoms with Gasteiger partial charge in [-0.25, -0.2) is 9.37 Å². The molecule has 10 heteroatoms. The van der Waals surface area contributed by atoms with Crippen molar-refractivity contribution in [3.8, 4) is 0 Å². The first-order valence-electron chi connectivity index (χ1n) is 10.5. The van der Waals surface area contributed by atoms with E-state index >= 15 is 0 Å². The molecule has 0 atom stereocenters. The largest absolute Gasteiger partial charge is 0.416 e. The molecule has 2 N–H and O–H groups in total. The van der Waals surface area contributed by atoms with Crippen molar-refractivity contribution in [2.45, 2.75) is 18.6 Å². The lowest BCUT2D eigenvalue weighted by Crippen LogP contribution is -2.48. The molecule has 0 unspecified atom stereocenters. The number of halogens is 4. The molecule has 5 rings (SSSR count). The summed E-state index contributed by atoms with van der Waals surface area (Å²) in [7, 11) is 0. The van der Waals surface area contributed by atoms with E-state index in [4.69, 9.17) is 5.73 Å². The molecule has 1 fully saturated rings. The van der Waals surface area contributed by atoms with E-state index in [0.29, 0.717) is 29.9 Å². The molecule has 1 aliphatic rings. The van der Waals surface area contributed by atoms with Gasteiger partial charge in [0, 0.05) is 30.8 Å². The van der Waals surface area contributed by atoms with Crippen molar-refractivity contribution in [3.63, 3.8) is 0 Å². The number of benzene rings is 2. The Morgan fingerprint density at radius 2 is 1.85 bits per heavy atom. The average molecular weight is 469 g/mol. The summed E-state index contributed by atoms with van der Waals surface area (Å²) in [5, 5.41) is 4.77. The molecule has 2 aromatic heterocycles. The van der Waals surface area contributed by atoms with E-state index in [0.717, 1.165) is 6.07 Å². The molecule has 1 aliphatic heterocycles. The van der Waals surface area contributed by atoms with Gasteiger partial charge in [-0.3, -0.25) is 9.48 Å². The van der Waals surface area contributed by atoms with E-state index in [1.165, 1.54) is 47.3 Å². The molecule has 0 spiro atoms. The number of nitrogens with zero attached hydrogens (tertiary/aromatic N) is 4.